The van der Waals surface area contributed by atoms with Crippen molar-refractivity contribution < 1.29 is 14.3 Å². The third-order valence-electron chi connectivity index (χ3n) is 12.7. The Balaban J connectivity index is 1.24. The van der Waals surface area contributed by atoms with Gasteiger partial charge in [0, 0.05) is 6.42 Å². The number of allylic oxidation sites excluding steroid dienone is 1. The number of fused-ring (bicyclic) bond motifs is 5. The molecular weight excluding hydrogens is 504 g/mol. The molecule has 41 heavy (non-hydrogen) atoms. The molecule has 0 aliphatic heterocycles. The van der Waals surface area contributed by atoms with E-state index in [-0.39, 0.29) is 6.10 Å². The molecule has 8 atom stereocenters. The fourth-order valence-corrected chi connectivity index (χ4v) is 10.3. The summed E-state index contributed by atoms with van der Waals surface area (Å²) in [6.45, 7) is 15.3. The molecule has 0 N–H and O–H groups in total. The number of ether oxygens (including phenoxy) is 2. The minimum Gasteiger partial charge on any atom is -0.434 e. The largest absolute Gasteiger partial charge is 0.508 e. The van der Waals surface area contributed by atoms with E-state index in [4.69, 9.17) is 9.47 Å². The molecule has 4 rings (SSSR count). The van der Waals surface area contributed by atoms with Gasteiger partial charge in [-0.15, -0.1) is 0 Å². The normalized spacial score (nSPS) is 35.3. The zero-order valence-electron chi connectivity index (χ0n) is 28.0. The van der Waals surface area contributed by atoms with E-state index in [2.05, 4.69) is 47.6 Å². The Labute approximate surface area is 254 Å². The van der Waals surface area contributed by atoms with Crippen molar-refractivity contribution in [1.82, 2.24) is 0 Å². The van der Waals surface area contributed by atoms with Crippen molar-refractivity contribution in [3.8, 4) is 0 Å². The van der Waals surface area contributed by atoms with Crippen LogP contribution in [0.25, 0.3) is 0 Å². The smallest absolute Gasteiger partial charge is 0.434 e. The van der Waals surface area contributed by atoms with Gasteiger partial charge in [-0.25, -0.2) is 4.79 Å². The lowest BCUT2D eigenvalue weighted by molar-refractivity contribution is -0.0617. The van der Waals surface area contributed by atoms with Crippen molar-refractivity contribution in [2.45, 2.75) is 170 Å². The van der Waals surface area contributed by atoms with Crippen molar-refractivity contribution in [2.24, 2.45) is 46.3 Å². The number of unbranched alkanes of at least 4 members (excludes halogenated alkanes) is 7. The average Bonchev–Trinajstić information content (AvgIpc) is 3.29. The van der Waals surface area contributed by atoms with E-state index in [9.17, 15) is 4.79 Å². The van der Waals surface area contributed by atoms with Crippen LogP contribution in [-0.2, 0) is 9.47 Å². The van der Waals surface area contributed by atoms with Gasteiger partial charge in [0.2, 0.25) is 0 Å². The number of carbonyl (C=O) groups is 1. The highest BCUT2D eigenvalue weighted by Crippen LogP contribution is 2.67. The number of hydrogen-bond donors (Lipinski definition) is 0. The lowest BCUT2D eigenvalue weighted by atomic mass is 9.47. The molecule has 0 spiro atoms. The molecule has 0 saturated heterocycles. The number of rotatable bonds is 15. The summed E-state index contributed by atoms with van der Waals surface area (Å²) in [5, 5.41) is 0. The molecule has 3 fully saturated rings. The molecule has 3 nitrogen and oxygen atoms in total. The Kier molecular flexibility index (Phi) is 12.2. The van der Waals surface area contributed by atoms with Gasteiger partial charge < -0.3 is 9.47 Å². The zero-order chi connectivity index (χ0) is 29.5. The molecule has 0 aromatic rings. The van der Waals surface area contributed by atoms with Crippen LogP contribution in [0.5, 0.6) is 0 Å². The first-order chi connectivity index (χ1) is 19.7. The molecule has 0 unspecified atom stereocenters. The molecule has 4 aliphatic carbocycles. The Morgan fingerprint density at radius 3 is 2.34 bits per heavy atom. The van der Waals surface area contributed by atoms with E-state index in [0.29, 0.717) is 17.4 Å². The van der Waals surface area contributed by atoms with Crippen LogP contribution in [0.4, 0.5) is 4.79 Å². The SMILES string of the molecule is CCCCCCCCCCOC(=O)O[C@H]1CC[C@@]2(C)C(=CC[C@H]3[C@@H]4CC[C@H]([C@H](C)CCCC(C)C)[C@@]4(C)CC[C@@H]32)C1. The van der Waals surface area contributed by atoms with Crippen LogP contribution in [0.3, 0.4) is 0 Å². The number of hydrogen-bond acceptors (Lipinski definition) is 3. The molecule has 0 bridgehead atoms. The molecule has 0 aromatic heterocycles. The fourth-order valence-electron chi connectivity index (χ4n) is 10.3. The van der Waals surface area contributed by atoms with E-state index in [1.807, 2.05) is 0 Å². The van der Waals surface area contributed by atoms with Gasteiger partial charge in [0.05, 0.1) is 6.61 Å². The van der Waals surface area contributed by atoms with E-state index < -0.39 is 6.16 Å². The van der Waals surface area contributed by atoms with Crippen LogP contribution in [0, 0.1) is 46.3 Å². The molecule has 0 heterocycles. The van der Waals surface area contributed by atoms with Gasteiger partial charge in [-0.1, -0.05) is 117 Å². The summed E-state index contributed by atoms with van der Waals surface area (Å²) in [6.07, 6.45) is 26.4. The maximum Gasteiger partial charge on any atom is 0.508 e. The molecule has 3 saturated carbocycles. The molecule has 0 amide bonds. The summed E-state index contributed by atoms with van der Waals surface area (Å²) in [5.41, 5.74) is 2.43. The second-order valence-corrected chi connectivity index (χ2v) is 15.8. The van der Waals surface area contributed by atoms with Gasteiger partial charge in [-0.3, -0.25) is 0 Å². The molecule has 0 aromatic carbocycles. The van der Waals surface area contributed by atoms with Gasteiger partial charge in [0.1, 0.15) is 6.10 Å². The van der Waals surface area contributed by atoms with Crippen LogP contribution >= 0.6 is 0 Å². The first kappa shape index (κ1) is 32.9. The first-order valence-corrected chi connectivity index (χ1v) is 18.2. The van der Waals surface area contributed by atoms with Gasteiger partial charge in [0.15, 0.2) is 0 Å². The average molecular weight is 571 g/mol. The van der Waals surface area contributed by atoms with Crippen LogP contribution in [0.2, 0.25) is 0 Å². The lowest BCUT2D eigenvalue weighted by Gasteiger charge is -2.58. The summed E-state index contributed by atoms with van der Waals surface area (Å²) < 4.78 is 11.3. The van der Waals surface area contributed by atoms with E-state index >= 15 is 0 Å². The Bertz CT molecular complexity index is 846. The van der Waals surface area contributed by atoms with Gasteiger partial charge in [-0.05, 0) is 97.7 Å². The van der Waals surface area contributed by atoms with Gasteiger partial charge >= 0.3 is 6.16 Å². The maximum atomic E-state index is 12.5. The molecule has 236 valence electrons. The second-order valence-electron chi connectivity index (χ2n) is 15.8. The predicted molar refractivity (Wildman–Crippen MR) is 172 cm³/mol. The van der Waals surface area contributed by atoms with E-state index in [1.54, 1.807) is 5.57 Å². The zero-order valence-corrected chi connectivity index (χ0v) is 28.0. The highest BCUT2D eigenvalue weighted by molar-refractivity contribution is 5.60. The van der Waals surface area contributed by atoms with Crippen molar-refractivity contribution in [3.05, 3.63) is 11.6 Å². The van der Waals surface area contributed by atoms with Crippen LogP contribution in [0.15, 0.2) is 11.6 Å². The van der Waals surface area contributed by atoms with Gasteiger partial charge in [-0.2, -0.15) is 0 Å². The van der Waals surface area contributed by atoms with Crippen molar-refractivity contribution >= 4 is 6.16 Å². The number of carbonyl (C=O) groups excluding carboxylic acids is 1. The summed E-state index contributed by atoms with van der Waals surface area (Å²) >= 11 is 0. The van der Waals surface area contributed by atoms with Crippen molar-refractivity contribution in [1.29, 1.82) is 0 Å². The second kappa shape index (κ2) is 15.1. The quantitative estimate of drug-likeness (QED) is 0.112. The van der Waals surface area contributed by atoms with Gasteiger partial charge in [0.25, 0.3) is 0 Å². The Morgan fingerprint density at radius 2 is 1.61 bits per heavy atom. The van der Waals surface area contributed by atoms with Crippen LogP contribution in [0.1, 0.15) is 164 Å². The van der Waals surface area contributed by atoms with E-state index in [1.165, 1.54) is 89.9 Å². The van der Waals surface area contributed by atoms with E-state index in [0.717, 1.165) is 67.6 Å². The summed E-state index contributed by atoms with van der Waals surface area (Å²) in [6, 6.07) is 0. The molecule has 3 heteroatoms. The van der Waals surface area contributed by atoms with Crippen LogP contribution in [-0.4, -0.2) is 18.9 Å². The lowest BCUT2D eigenvalue weighted by Crippen LogP contribution is -2.51. The fraction of sp³-hybridized carbons (Fsp3) is 0.921. The summed E-state index contributed by atoms with van der Waals surface area (Å²) in [4.78, 5) is 12.5. The van der Waals surface area contributed by atoms with Crippen molar-refractivity contribution in [2.75, 3.05) is 6.61 Å². The molecular formula is C38H66O3. The topological polar surface area (TPSA) is 35.5 Å². The summed E-state index contributed by atoms with van der Waals surface area (Å²) in [7, 11) is 0. The van der Waals surface area contributed by atoms with Crippen molar-refractivity contribution in [3.63, 3.8) is 0 Å². The highest BCUT2D eigenvalue weighted by Gasteiger charge is 2.59. The van der Waals surface area contributed by atoms with Crippen LogP contribution < -0.4 is 0 Å². The Hall–Kier alpha value is -0.990. The summed E-state index contributed by atoms with van der Waals surface area (Å²) in [5.74, 6) is 5.18. The molecule has 4 aliphatic rings. The minimum atomic E-state index is -0.441. The Morgan fingerprint density at radius 1 is 0.878 bits per heavy atom. The monoisotopic (exact) mass is 571 g/mol. The third kappa shape index (κ3) is 7.94. The standard InChI is InChI=1S/C38H66O3/c1-7-8-9-10-11-12-13-14-26-40-36(39)41-31-22-24-37(5)30(27-31)18-19-32-34-21-20-33(29(4)17-15-16-28(2)3)38(34,6)25-23-35(32)37/h18,28-29,31-35H,7-17,19-27H2,1-6H3/t29-,31+,32+,33-,34+,35+,37+,38-/m1/s1. The third-order valence-corrected chi connectivity index (χ3v) is 12.7. The highest BCUT2D eigenvalue weighted by atomic mass is 16.7. The predicted octanol–water partition coefficient (Wildman–Crippen LogP) is 11.7. The minimum absolute atomic E-state index is 0.00616. The first-order valence-electron chi connectivity index (χ1n) is 18.2. The molecule has 0 radical (unpaired) electrons. The maximum absolute atomic E-state index is 12.5.